The van der Waals surface area contributed by atoms with Gasteiger partial charge in [-0.3, -0.25) is 10.9 Å². The molecule has 2 saturated heterocycles. The molecule has 0 bridgehead atoms. The van der Waals surface area contributed by atoms with E-state index >= 15 is 0 Å². The van der Waals surface area contributed by atoms with Crippen molar-refractivity contribution >= 4 is 6.03 Å². The lowest BCUT2D eigenvalue weighted by Crippen LogP contribution is -2.53. The molecule has 3 N–H and O–H groups in total. The van der Waals surface area contributed by atoms with Crippen LogP contribution in [0.2, 0.25) is 0 Å². The Morgan fingerprint density at radius 2 is 2.00 bits per heavy atom. The highest BCUT2D eigenvalue weighted by Gasteiger charge is 2.35. The Morgan fingerprint density at radius 1 is 1.29 bits per heavy atom. The van der Waals surface area contributed by atoms with E-state index in [0.717, 1.165) is 39.0 Å². The van der Waals surface area contributed by atoms with Gasteiger partial charge in [0.1, 0.15) is 0 Å². The summed E-state index contributed by atoms with van der Waals surface area (Å²) >= 11 is 0. The zero-order valence-electron chi connectivity index (χ0n) is 12.6. The highest BCUT2D eigenvalue weighted by molar-refractivity contribution is 5.75. The third kappa shape index (κ3) is 3.19. The van der Waals surface area contributed by atoms with E-state index in [1.807, 2.05) is 11.0 Å². The molecule has 3 rings (SSSR count). The summed E-state index contributed by atoms with van der Waals surface area (Å²) in [5, 5.41) is 3.10. The fourth-order valence-corrected chi connectivity index (χ4v) is 3.32. The fraction of sp³-hybridized carbons (Fsp3) is 0.562. The summed E-state index contributed by atoms with van der Waals surface area (Å²) < 4.78 is 0. The average molecular weight is 288 g/mol. The molecule has 2 amide bonds. The van der Waals surface area contributed by atoms with Gasteiger partial charge in [0.05, 0.1) is 6.04 Å². The largest absolute Gasteiger partial charge is 0.333 e. The van der Waals surface area contributed by atoms with Crippen LogP contribution in [0.4, 0.5) is 4.79 Å². The standard InChI is InChI=1S/C16H24N4O/c1-16(13-6-3-2-4-7-13)8-5-9-20(12-16)15(21)19-14-10-17-18-11-14/h2-4,6-7,14,17-18H,5,8-12H2,1H3,(H,19,21). The summed E-state index contributed by atoms with van der Waals surface area (Å²) in [6.45, 7) is 5.48. The predicted octanol–water partition coefficient (Wildman–Crippen LogP) is 1.23. The highest BCUT2D eigenvalue weighted by atomic mass is 16.2. The lowest BCUT2D eigenvalue weighted by molar-refractivity contribution is 0.153. The molecule has 114 valence electrons. The van der Waals surface area contributed by atoms with Crippen molar-refractivity contribution in [3.05, 3.63) is 35.9 Å². The zero-order chi connectivity index (χ0) is 14.7. The van der Waals surface area contributed by atoms with E-state index in [9.17, 15) is 4.79 Å². The second-order valence-electron chi connectivity index (χ2n) is 6.36. The third-order valence-electron chi connectivity index (χ3n) is 4.60. The molecule has 0 saturated carbocycles. The Balaban J connectivity index is 1.66. The van der Waals surface area contributed by atoms with Gasteiger partial charge in [0.2, 0.25) is 0 Å². The maximum Gasteiger partial charge on any atom is 0.317 e. The Hall–Kier alpha value is -1.59. The van der Waals surface area contributed by atoms with E-state index < -0.39 is 0 Å². The lowest BCUT2D eigenvalue weighted by Gasteiger charge is -2.41. The molecule has 1 aromatic rings. The Bertz CT molecular complexity index is 486. The Kier molecular flexibility index (Phi) is 4.12. The van der Waals surface area contributed by atoms with Gasteiger partial charge in [-0.25, -0.2) is 4.79 Å². The van der Waals surface area contributed by atoms with Crippen LogP contribution >= 0.6 is 0 Å². The molecular formula is C16H24N4O. The van der Waals surface area contributed by atoms with Crippen LogP contribution in [0.5, 0.6) is 0 Å². The molecule has 21 heavy (non-hydrogen) atoms. The monoisotopic (exact) mass is 288 g/mol. The number of nitrogens with one attached hydrogen (secondary N) is 3. The van der Waals surface area contributed by atoms with Crippen molar-refractivity contribution in [3.8, 4) is 0 Å². The number of likely N-dealkylation sites (tertiary alicyclic amines) is 1. The molecule has 0 aromatic heterocycles. The molecule has 1 aromatic carbocycles. The Morgan fingerprint density at radius 3 is 2.71 bits per heavy atom. The van der Waals surface area contributed by atoms with Gasteiger partial charge in [0, 0.05) is 31.6 Å². The van der Waals surface area contributed by atoms with E-state index in [2.05, 4.69) is 47.4 Å². The minimum Gasteiger partial charge on any atom is -0.333 e. The van der Waals surface area contributed by atoms with Crippen molar-refractivity contribution in [2.75, 3.05) is 26.2 Å². The number of amides is 2. The van der Waals surface area contributed by atoms with E-state index in [4.69, 9.17) is 0 Å². The quantitative estimate of drug-likeness (QED) is 0.767. The topological polar surface area (TPSA) is 56.4 Å². The number of rotatable bonds is 2. The van der Waals surface area contributed by atoms with Crippen molar-refractivity contribution < 1.29 is 4.79 Å². The predicted molar refractivity (Wildman–Crippen MR) is 82.9 cm³/mol. The van der Waals surface area contributed by atoms with Crippen molar-refractivity contribution in [2.24, 2.45) is 0 Å². The van der Waals surface area contributed by atoms with Crippen LogP contribution in [0, 0.1) is 0 Å². The summed E-state index contributed by atoms with van der Waals surface area (Å²) in [6.07, 6.45) is 2.19. The number of carbonyl (C=O) groups is 1. The van der Waals surface area contributed by atoms with Gasteiger partial charge in [-0.05, 0) is 18.4 Å². The number of urea groups is 1. The molecule has 2 aliphatic rings. The number of carbonyl (C=O) groups excluding carboxylic acids is 1. The van der Waals surface area contributed by atoms with Crippen LogP contribution < -0.4 is 16.2 Å². The zero-order valence-corrected chi connectivity index (χ0v) is 12.6. The molecule has 1 atom stereocenters. The SMILES string of the molecule is CC1(c2ccccc2)CCCN(C(=O)NC2CNNC2)C1. The summed E-state index contributed by atoms with van der Waals surface area (Å²) in [4.78, 5) is 14.4. The van der Waals surface area contributed by atoms with Gasteiger partial charge < -0.3 is 10.2 Å². The molecular weight excluding hydrogens is 264 g/mol. The van der Waals surface area contributed by atoms with Crippen LogP contribution in [0.3, 0.4) is 0 Å². The molecule has 1 unspecified atom stereocenters. The number of benzene rings is 1. The third-order valence-corrected chi connectivity index (χ3v) is 4.60. The van der Waals surface area contributed by atoms with E-state index in [0.29, 0.717) is 0 Å². The van der Waals surface area contributed by atoms with Crippen LogP contribution in [0.15, 0.2) is 30.3 Å². The van der Waals surface area contributed by atoms with Crippen LogP contribution in [0.1, 0.15) is 25.3 Å². The van der Waals surface area contributed by atoms with E-state index in [1.165, 1.54) is 5.56 Å². The van der Waals surface area contributed by atoms with Gasteiger partial charge in [-0.2, -0.15) is 0 Å². The lowest BCUT2D eigenvalue weighted by atomic mass is 9.76. The minimum absolute atomic E-state index is 0.0586. The smallest absolute Gasteiger partial charge is 0.317 e. The number of hydrogen-bond acceptors (Lipinski definition) is 3. The number of hydrogen-bond donors (Lipinski definition) is 3. The van der Waals surface area contributed by atoms with Gasteiger partial charge >= 0.3 is 6.03 Å². The molecule has 2 aliphatic heterocycles. The van der Waals surface area contributed by atoms with Crippen molar-refractivity contribution in [3.63, 3.8) is 0 Å². The normalized spacial score (nSPS) is 26.8. The summed E-state index contributed by atoms with van der Waals surface area (Å²) in [5.41, 5.74) is 7.46. The molecule has 0 radical (unpaired) electrons. The molecule has 2 fully saturated rings. The first-order valence-electron chi connectivity index (χ1n) is 7.74. The first kappa shape index (κ1) is 14.4. The highest BCUT2D eigenvalue weighted by Crippen LogP contribution is 2.33. The van der Waals surface area contributed by atoms with E-state index in [1.54, 1.807) is 0 Å². The molecule has 5 heteroatoms. The number of hydrazine groups is 1. The summed E-state index contributed by atoms with van der Waals surface area (Å²) in [6, 6.07) is 10.8. The van der Waals surface area contributed by atoms with Crippen LogP contribution in [0.25, 0.3) is 0 Å². The van der Waals surface area contributed by atoms with Gasteiger partial charge in [-0.1, -0.05) is 37.3 Å². The van der Waals surface area contributed by atoms with Gasteiger partial charge in [0.15, 0.2) is 0 Å². The van der Waals surface area contributed by atoms with Crippen molar-refractivity contribution in [1.82, 2.24) is 21.1 Å². The first-order chi connectivity index (χ1) is 10.2. The van der Waals surface area contributed by atoms with Gasteiger partial charge in [-0.15, -0.1) is 0 Å². The van der Waals surface area contributed by atoms with Crippen molar-refractivity contribution in [1.29, 1.82) is 0 Å². The minimum atomic E-state index is 0.0586. The average Bonchev–Trinajstić information content (AvgIpc) is 3.01. The first-order valence-corrected chi connectivity index (χ1v) is 7.74. The maximum atomic E-state index is 12.4. The summed E-state index contributed by atoms with van der Waals surface area (Å²) in [5.74, 6) is 0. The maximum absolute atomic E-state index is 12.4. The number of piperidine rings is 1. The molecule has 5 nitrogen and oxygen atoms in total. The summed E-state index contributed by atoms with van der Waals surface area (Å²) in [7, 11) is 0. The van der Waals surface area contributed by atoms with Crippen molar-refractivity contribution in [2.45, 2.75) is 31.2 Å². The molecule has 0 spiro atoms. The van der Waals surface area contributed by atoms with Crippen LogP contribution in [-0.2, 0) is 5.41 Å². The molecule has 2 heterocycles. The second kappa shape index (κ2) is 6.03. The van der Waals surface area contributed by atoms with E-state index in [-0.39, 0.29) is 17.5 Å². The Labute approximate surface area is 126 Å². The second-order valence-corrected chi connectivity index (χ2v) is 6.36. The molecule has 0 aliphatic carbocycles. The van der Waals surface area contributed by atoms with Gasteiger partial charge in [0.25, 0.3) is 0 Å². The fourth-order valence-electron chi connectivity index (χ4n) is 3.32. The van der Waals surface area contributed by atoms with Crippen LogP contribution in [-0.4, -0.2) is 43.2 Å². The number of nitrogens with zero attached hydrogens (tertiary/aromatic N) is 1.